The maximum atomic E-state index is 12.2. The van der Waals surface area contributed by atoms with Crippen LogP contribution in [0.25, 0.3) is 0 Å². The van der Waals surface area contributed by atoms with Crippen LogP contribution in [0.3, 0.4) is 0 Å². The molecule has 0 bridgehead atoms. The van der Waals surface area contributed by atoms with Crippen LogP contribution in [0, 0.1) is 12.8 Å². The summed E-state index contributed by atoms with van der Waals surface area (Å²) in [4.78, 5) is 0.537. The molecule has 4 nitrogen and oxygen atoms in total. The topological polar surface area (TPSA) is 72.2 Å². The van der Waals surface area contributed by atoms with Gasteiger partial charge in [0.25, 0.3) is 0 Å². The Balaban J connectivity index is 2.99. The van der Waals surface area contributed by atoms with Crippen molar-refractivity contribution in [2.24, 2.45) is 11.7 Å². The van der Waals surface area contributed by atoms with Gasteiger partial charge < -0.3 is 5.73 Å². The van der Waals surface area contributed by atoms with E-state index in [1.54, 1.807) is 25.1 Å². The van der Waals surface area contributed by atoms with E-state index in [1.165, 1.54) is 0 Å². The van der Waals surface area contributed by atoms with Crippen LogP contribution in [-0.2, 0) is 10.0 Å². The Hall–Kier alpha value is -0.980. The number of hydrogen-bond donors (Lipinski definition) is 2. The Morgan fingerprint density at radius 2 is 2.11 bits per heavy atom. The van der Waals surface area contributed by atoms with Crippen LogP contribution >= 0.6 is 12.2 Å². The Kier molecular flexibility index (Phi) is 5.46. The van der Waals surface area contributed by atoms with Crippen molar-refractivity contribution < 1.29 is 8.42 Å². The van der Waals surface area contributed by atoms with Crippen molar-refractivity contribution in [3.05, 3.63) is 29.3 Å². The summed E-state index contributed by atoms with van der Waals surface area (Å²) in [5, 5.41) is 0. The highest BCUT2D eigenvalue weighted by atomic mass is 32.2. The second-order valence-electron chi connectivity index (χ2n) is 4.71. The number of nitrogens with two attached hydrogens (primary N) is 1. The summed E-state index contributed by atoms with van der Waals surface area (Å²) in [6.07, 6.45) is 0.932. The quantitative estimate of drug-likeness (QED) is 0.788. The predicted molar refractivity (Wildman–Crippen MR) is 81.7 cm³/mol. The molecule has 106 valence electrons. The lowest BCUT2D eigenvalue weighted by Gasteiger charge is -2.13. The molecular weight excluding hydrogens is 280 g/mol. The van der Waals surface area contributed by atoms with E-state index in [4.69, 9.17) is 18.0 Å². The van der Waals surface area contributed by atoms with Gasteiger partial charge >= 0.3 is 0 Å². The Morgan fingerprint density at radius 3 is 2.58 bits per heavy atom. The normalized spacial score (nSPS) is 13.2. The highest BCUT2D eigenvalue weighted by Gasteiger charge is 2.17. The van der Waals surface area contributed by atoms with Crippen LogP contribution in [0.2, 0.25) is 0 Å². The minimum Gasteiger partial charge on any atom is -0.389 e. The van der Waals surface area contributed by atoms with Gasteiger partial charge in [-0.2, -0.15) is 0 Å². The average Bonchev–Trinajstić information content (AvgIpc) is 2.35. The third-order valence-corrected chi connectivity index (χ3v) is 4.89. The van der Waals surface area contributed by atoms with Crippen molar-refractivity contribution in [1.29, 1.82) is 0 Å². The molecule has 1 unspecified atom stereocenters. The van der Waals surface area contributed by atoms with Gasteiger partial charge in [0.1, 0.15) is 4.99 Å². The van der Waals surface area contributed by atoms with Crippen molar-refractivity contribution in [3.8, 4) is 0 Å². The first-order chi connectivity index (χ1) is 8.77. The first kappa shape index (κ1) is 16.1. The van der Waals surface area contributed by atoms with E-state index in [-0.39, 0.29) is 9.88 Å². The lowest BCUT2D eigenvalue weighted by Crippen LogP contribution is -2.29. The molecule has 0 aliphatic heterocycles. The summed E-state index contributed by atoms with van der Waals surface area (Å²) in [6.45, 7) is 6.21. The molecule has 1 atom stereocenters. The predicted octanol–water partition coefficient (Wildman–Crippen LogP) is 1.95. The van der Waals surface area contributed by atoms with Crippen molar-refractivity contribution >= 4 is 27.2 Å². The molecule has 0 aromatic heterocycles. The minimum absolute atomic E-state index is 0.264. The van der Waals surface area contributed by atoms with E-state index in [2.05, 4.69) is 4.72 Å². The van der Waals surface area contributed by atoms with Crippen LogP contribution in [0.15, 0.2) is 23.1 Å². The van der Waals surface area contributed by atoms with Crippen molar-refractivity contribution in [2.45, 2.75) is 32.1 Å². The number of benzene rings is 1. The molecule has 0 fully saturated rings. The fourth-order valence-electron chi connectivity index (χ4n) is 1.58. The summed E-state index contributed by atoms with van der Waals surface area (Å²) in [6, 6.07) is 4.87. The molecule has 6 heteroatoms. The summed E-state index contributed by atoms with van der Waals surface area (Å²) in [5.74, 6) is 0.311. The van der Waals surface area contributed by atoms with Gasteiger partial charge in [-0.25, -0.2) is 13.1 Å². The number of aryl methyl sites for hydroxylation is 1. The fourth-order valence-corrected chi connectivity index (χ4v) is 3.09. The average molecular weight is 300 g/mol. The molecule has 0 radical (unpaired) electrons. The van der Waals surface area contributed by atoms with Gasteiger partial charge in [-0.05, 0) is 30.5 Å². The zero-order valence-electron chi connectivity index (χ0n) is 11.4. The molecule has 0 aliphatic carbocycles. The van der Waals surface area contributed by atoms with Crippen molar-refractivity contribution in [3.63, 3.8) is 0 Å². The second kappa shape index (κ2) is 6.45. The molecule has 3 N–H and O–H groups in total. The first-order valence-electron chi connectivity index (χ1n) is 6.18. The molecule has 1 aromatic rings. The SMILES string of the molecule is CCC(C)CNS(=O)(=O)c1ccc(C(N)=S)cc1C. The molecule has 0 saturated heterocycles. The number of hydrogen-bond acceptors (Lipinski definition) is 3. The lowest BCUT2D eigenvalue weighted by molar-refractivity contribution is 0.528. The molecule has 0 heterocycles. The van der Waals surface area contributed by atoms with Crippen LogP contribution in [0.5, 0.6) is 0 Å². The van der Waals surface area contributed by atoms with Gasteiger partial charge in [0.2, 0.25) is 10.0 Å². The summed E-state index contributed by atoms with van der Waals surface area (Å²) in [5.41, 5.74) is 6.84. The van der Waals surface area contributed by atoms with Gasteiger partial charge in [0, 0.05) is 12.1 Å². The number of rotatable bonds is 6. The van der Waals surface area contributed by atoms with Crippen LogP contribution < -0.4 is 10.5 Å². The zero-order chi connectivity index (χ0) is 14.6. The highest BCUT2D eigenvalue weighted by molar-refractivity contribution is 7.89. The van der Waals surface area contributed by atoms with Gasteiger partial charge in [-0.1, -0.05) is 38.6 Å². The molecule has 0 spiro atoms. The smallest absolute Gasteiger partial charge is 0.240 e. The molecule has 0 saturated carbocycles. The molecule has 0 aliphatic rings. The zero-order valence-corrected chi connectivity index (χ0v) is 13.1. The van der Waals surface area contributed by atoms with Crippen LogP contribution in [-0.4, -0.2) is 20.0 Å². The van der Waals surface area contributed by atoms with Crippen molar-refractivity contribution in [2.75, 3.05) is 6.54 Å². The van der Waals surface area contributed by atoms with Crippen LogP contribution in [0.4, 0.5) is 0 Å². The minimum atomic E-state index is -3.47. The van der Waals surface area contributed by atoms with E-state index >= 15 is 0 Å². The van der Waals surface area contributed by atoms with Gasteiger partial charge in [0.05, 0.1) is 4.90 Å². The van der Waals surface area contributed by atoms with Crippen molar-refractivity contribution in [1.82, 2.24) is 4.72 Å². The Morgan fingerprint density at radius 1 is 1.47 bits per heavy atom. The number of sulfonamides is 1. The van der Waals surface area contributed by atoms with Gasteiger partial charge in [0.15, 0.2) is 0 Å². The maximum absolute atomic E-state index is 12.2. The number of thiocarbonyl (C=S) groups is 1. The fraction of sp³-hybridized carbons (Fsp3) is 0.462. The van der Waals surface area contributed by atoms with Gasteiger partial charge in [-0.3, -0.25) is 0 Å². The Bertz CT molecular complexity index is 568. The molecule has 0 amide bonds. The standard InChI is InChI=1S/C13H20N2O2S2/c1-4-9(2)8-15-19(16,17)12-6-5-11(13(14)18)7-10(12)3/h5-7,9,15H,4,8H2,1-3H3,(H2,14,18). The van der Waals surface area contributed by atoms with E-state index in [0.29, 0.717) is 23.6 Å². The maximum Gasteiger partial charge on any atom is 0.240 e. The molecule has 1 aromatic carbocycles. The third kappa shape index (κ3) is 4.26. The van der Waals surface area contributed by atoms with Crippen LogP contribution in [0.1, 0.15) is 31.4 Å². The van der Waals surface area contributed by atoms with E-state index in [9.17, 15) is 8.42 Å². The second-order valence-corrected chi connectivity index (χ2v) is 6.89. The molecular formula is C13H20N2O2S2. The summed E-state index contributed by atoms with van der Waals surface area (Å²) >= 11 is 4.87. The lowest BCUT2D eigenvalue weighted by atomic mass is 10.1. The first-order valence-corrected chi connectivity index (χ1v) is 8.07. The molecule has 1 rings (SSSR count). The van der Waals surface area contributed by atoms with E-state index in [1.807, 2.05) is 13.8 Å². The van der Waals surface area contributed by atoms with E-state index in [0.717, 1.165) is 6.42 Å². The third-order valence-electron chi connectivity index (χ3n) is 3.07. The van der Waals surface area contributed by atoms with Gasteiger partial charge in [-0.15, -0.1) is 0 Å². The monoisotopic (exact) mass is 300 g/mol. The Labute approximate surface area is 120 Å². The summed E-state index contributed by atoms with van der Waals surface area (Å²) < 4.78 is 27.0. The molecule has 19 heavy (non-hydrogen) atoms. The summed E-state index contributed by atoms with van der Waals surface area (Å²) in [7, 11) is -3.47. The number of nitrogens with one attached hydrogen (secondary N) is 1. The largest absolute Gasteiger partial charge is 0.389 e. The van der Waals surface area contributed by atoms with E-state index < -0.39 is 10.0 Å². The highest BCUT2D eigenvalue weighted by Crippen LogP contribution is 2.17.